The summed E-state index contributed by atoms with van der Waals surface area (Å²) in [6.07, 6.45) is -2.27. The zero-order chi connectivity index (χ0) is 45.2. The van der Waals surface area contributed by atoms with Crippen LogP contribution in [0.2, 0.25) is 0 Å². The van der Waals surface area contributed by atoms with Gasteiger partial charge in [-0.3, -0.25) is 38.6 Å². The molecule has 0 amide bonds. The zero-order valence-electron chi connectivity index (χ0n) is 34.1. The van der Waals surface area contributed by atoms with Crippen LogP contribution in [0.15, 0.2) is 71.7 Å². The van der Waals surface area contributed by atoms with Crippen LogP contribution >= 0.6 is 0 Å². The molecule has 0 heterocycles. The predicted octanol–water partition coefficient (Wildman–Crippen LogP) is 4.50. The van der Waals surface area contributed by atoms with Crippen molar-refractivity contribution in [3.05, 3.63) is 95.1 Å². The van der Waals surface area contributed by atoms with E-state index in [0.29, 0.717) is 16.7 Å². The number of nitrogens with zero attached hydrogens (tertiary/aromatic N) is 1. The zero-order valence-corrected chi connectivity index (χ0v) is 34.1. The number of benzene rings is 3. The first-order valence-corrected chi connectivity index (χ1v) is 20.0. The van der Waals surface area contributed by atoms with Gasteiger partial charge in [0.25, 0.3) is 0 Å². The number of carboxylic acids is 1. The number of rotatable bonds is 28. The number of Topliss-reactive ketones (excluding diaryl/α,β-unsaturated/α-hetero) is 6. The van der Waals surface area contributed by atoms with Gasteiger partial charge in [-0.25, -0.2) is 8.78 Å². The lowest BCUT2D eigenvalue weighted by Gasteiger charge is -2.23. The molecular weight excluding hydrogens is 795 g/mol. The van der Waals surface area contributed by atoms with Gasteiger partial charge in [0.05, 0.1) is 12.5 Å². The van der Waals surface area contributed by atoms with Gasteiger partial charge in [-0.05, 0) is 92.1 Å². The number of hydrogen-bond donors (Lipinski definition) is 6. The van der Waals surface area contributed by atoms with E-state index in [-0.39, 0.29) is 88.9 Å². The minimum atomic E-state index is -1.25. The second kappa shape index (κ2) is 24.2. The molecule has 9 N–H and O–H groups in total. The fourth-order valence-electron chi connectivity index (χ4n) is 7.02. The van der Waals surface area contributed by atoms with Gasteiger partial charge in [0.15, 0.2) is 23.2 Å². The van der Waals surface area contributed by atoms with Crippen molar-refractivity contribution in [2.24, 2.45) is 45.9 Å². The number of ketones is 6. The average molecular weight is 849 g/mol. The molecule has 0 fully saturated rings. The summed E-state index contributed by atoms with van der Waals surface area (Å²) in [5, 5.41) is 28.7. The number of phenols is 2. The Morgan fingerprint density at radius 2 is 1.11 bits per heavy atom. The highest BCUT2D eigenvalue weighted by Crippen LogP contribution is 2.28. The Labute approximate surface area is 352 Å². The number of carbonyl (C=O) groups is 7. The van der Waals surface area contributed by atoms with E-state index in [1.54, 1.807) is 0 Å². The molecule has 0 aliphatic rings. The standard InChI is InChI=1S/C45H54F2N4O10/c1-26(52)31(25-44(60)61)21-36(53)13-15-38(54)30(3-2-16-51-45(49)50)22-40(56)32(17-27-4-9-34(46)10-5-27)23-41(57)33(18-28-6-11-35(47)12-7-28)24-42(58)37(48)19-29-8-14-39(55)43(59)20-29/h4-12,14,20,30-33,37,55,59H,2-3,13,15-19,21-25,48H2,1H3,(H,60,61)(H4,49,50,51). The van der Waals surface area contributed by atoms with Gasteiger partial charge in [-0.2, -0.15) is 0 Å². The minimum absolute atomic E-state index is 0.00802. The molecule has 0 bridgehead atoms. The average Bonchev–Trinajstić information content (AvgIpc) is 3.19. The molecule has 5 unspecified atom stereocenters. The summed E-state index contributed by atoms with van der Waals surface area (Å²) >= 11 is 0. The predicted molar refractivity (Wildman–Crippen MR) is 221 cm³/mol. The molecule has 0 aromatic heterocycles. The van der Waals surface area contributed by atoms with Crippen molar-refractivity contribution in [1.82, 2.24) is 0 Å². The Balaban J connectivity index is 1.89. The molecular formula is C45H54F2N4O10. The summed E-state index contributed by atoms with van der Waals surface area (Å²) in [7, 11) is 0. The minimum Gasteiger partial charge on any atom is -0.504 e. The molecule has 0 saturated heterocycles. The lowest BCUT2D eigenvalue weighted by Crippen LogP contribution is -2.36. The molecule has 61 heavy (non-hydrogen) atoms. The van der Waals surface area contributed by atoms with Crippen molar-refractivity contribution in [3.8, 4) is 11.5 Å². The highest BCUT2D eigenvalue weighted by atomic mass is 19.1. The fraction of sp³-hybridized carbons (Fsp3) is 0.422. The maximum absolute atomic E-state index is 14.3. The second-order valence-electron chi connectivity index (χ2n) is 15.5. The maximum atomic E-state index is 14.3. The van der Waals surface area contributed by atoms with Crippen LogP contribution in [0, 0.1) is 35.3 Å². The number of hydrogen-bond acceptors (Lipinski definition) is 11. The molecule has 0 spiro atoms. The van der Waals surface area contributed by atoms with Crippen molar-refractivity contribution in [3.63, 3.8) is 0 Å². The van der Waals surface area contributed by atoms with E-state index in [0.717, 1.165) is 0 Å². The van der Waals surface area contributed by atoms with Gasteiger partial charge in [0, 0.05) is 68.7 Å². The number of nitrogens with two attached hydrogens (primary N) is 3. The van der Waals surface area contributed by atoms with E-state index in [1.165, 1.54) is 73.7 Å². The molecule has 14 nitrogen and oxygen atoms in total. The van der Waals surface area contributed by atoms with Crippen molar-refractivity contribution in [1.29, 1.82) is 0 Å². The number of aliphatic carboxylic acids is 1. The lowest BCUT2D eigenvalue weighted by atomic mass is 9.79. The third-order valence-electron chi connectivity index (χ3n) is 10.5. The Hall–Kier alpha value is -6.16. The van der Waals surface area contributed by atoms with Crippen LogP contribution in [-0.2, 0) is 52.8 Å². The monoisotopic (exact) mass is 848 g/mol. The normalized spacial score (nSPS) is 13.6. The molecule has 16 heteroatoms. The SMILES string of the molecule is CC(=O)C(CC(=O)O)CC(=O)CCC(=O)C(CCCN=C(N)N)CC(=O)C(CC(=O)C(CC(=O)C(N)Cc1ccc(O)c(O)c1)Cc1ccc(F)cc1)Cc1ccc(F)cc1. The third kappa shape index (κ3) is 17.5. The highest BCUT2D eigenvalue weighted by molar-refractivity contribution is 5.96. The van der Waals surface area contributed by atoms with E-state index in [2.05, 4.69) is 4.99 Å². The van der Waals surface area contributed by atoms with E-state index in [4.69, 9.17) is 22.3 Å². The number of aliphatic imine (C=N–C) groups is 1. The van der Waals surface area contributed by atoms with Crippen LogP contribution in [-0.4, -0.2) is 74.5 Å². The van der Waals surface area contributed by atoms with Crippen molar-refractivity contribution in [2.45, 2.75) is 90.0 Å². The van der Waals surface area contributed by atoms with Crippen molar-refractivity contribution >= 4 is 46.6 Å². The number of halogens is 2. The summed E-state index contributed by atoms with van der Waals surface area (Å²) in [5.41, 5.74) is 18.7. The third-order valence-corrected chi connectivity index (χ3v) is 10.5. The Morgan fingerprint density at radius 1 is 0.607 bits per heavy atom. The molecule has 0 aliphatic carbocycles. The molecule has 0 saturated carbocycles. The number of phenolic OH excluding ortho intramolecular Hbond substituents is 2. The summed E-state index contributed by atoms with van der Waals surface area (Å²) in [6.45, 7) is 1.31. The molecule has 5 atom stereocenters. The first-order chi connectivity index (χ1) is 28.8. The van der Waals surface area contributed by atoms with Gasteiger partial charge in [0.1, 0.15) is 40.6 Å². The van der Waals surface area contributed by atoms with Crippen molar-refractivity contribution in [2.75, 3.05) is 6.54 Å². The molecule has 328 valence electrons. The van der Waals surface area contributed by atoms with E-state index in [9.17, 15) is 52.6 Å². The van der Waals surface area contributed by atoms with Crippen LogP contribution in [0.4, 0.5) is 8.78 Å². The van der Waals surface area contributed by atoms with Gasteiger partial charge < -0.3 is 32.5 Å². The highest BCUT2D eigenvalue weighted by Gasteiger charge is 2.32. The first kappa shape index (κ1) is 49.2. The molecule has 3 rings (SSSR count). The van der Waals surface area contributed by atoms with Crippen LogP contribution in [0.3, 0.4) is 0 Å². The topological polar surface area (TPSA) is 271 Å². The van der Waals surface area contributed by atoms with Gasteiger partial charge in [0.2, 0.25) is 0 Å². The van der Waals surface area contributed by atoms with Gasteiger partial charge in [-0.1, -0.05) is 30.3 Å². The summed E-state index contributed by atoms with van der Waals surface area (Å²) < 4.78 is 27.7. The van der Waals surface area contributed by atoms with Crippen LogP contribution in [0.1, 0.15) is 81.4 Å². The second-order valence-corrected chi connectivity index (χ2v) is 15.5. The quantitative estimate of drug-likeness (QED) is 0.0255. The summed E-state index contributed by atoms with van der Waals surface area (Å²) in [5.74, 6) is -10.2. The number of aromatic hydroxyl groups is 2. The van der Waals surface area contributed by atoms with Crippen LogP contribution in [0.25, 0.3) is 0 Å². The maximum Gasteiger partial charge on any atom is 0.304 e. The Bertz CT molecular complexity index is 2050. The van der Waals surface area contributed by atoms with E-state index in [1.807, 2.05) is 0 Å². The molecule has 0 radical (unpaired) electrons. The smallest absolute Gasteiger partial charge is 0.304 e. The number of guanidine groups is 1. The largest absolute Gasteiger partial charge is 0.504 e. The fourth-order valence-corrected chi connectivity index (χ4v) is 7.02. The molecule has 0 aliphatic heterocycles. The Kier molecular flexibility index (Phi) is 19.5. The molecule has 3 aromatic carbocycles. The van der Waals surface area contributed by atoms with Crippen LogP contribution < -0.4 is 17.2 Å². The number of carboxylic acid groups (broad SMARTS) is 1. The summed E-state index contributed by atoms with van der Waals surface area (Å²) in [4.78, 5) is 95.7. The van der Waals surface area contributed by atoms with Gasteiger partial charge in [-0.15, -0.1) is 0 Å². The Morgan fingerprint density at radius 3 is 1.61 bits per heavy atom. The van der Waals surface area contributed by atoms with Crippen molar-refractivity contribution < 1.29 is 57.7 Å². The van der Waals surface area contributed by atoms with Crippen LogP contribution in [0.5, 0.6) is 11.5 Å². The van der Waals surface area contributed by atoms with E-state index >= 15 is 0 Å². The molecule has 3 aromatic rings. The number of carbonyl (C=O) groups excluding carboxylic acids is 6. The lowest BCUT2D eigenvalue weighted by molar-refractivity contribution is -0.141. The first-order valence-electron chi connectivity index (χ1n) is 20.0. The summed E-state index contributed by atoms with van der Waals surface area (Å²) in [6, 6.07) is 13.5. The van der Waals surface area contributed by atoms with Gasteiger partial charge >= 0.3 is 5.97 Å². The van der Waals surface area contributed by atoms with E-state index < -0.39 is 94.2 Å².